The average Bonchev–Trinajstić information content (AvgIpc) is 2.83. The lowest BCUT2D eigenvalue weighted by Gasteiger charge is -2.11. The maximum atomic E-state index is 12.2. The first-order valence-electron chi connectivity index (χ1n) is 7.97. The Morgan fingerprint density at radius 2 is 1.96 bits per heavy atom. The van der Waals surface area contributed by atoms with Crippen LogP contribution in [-0.2, 0) is 18.3 Å². The molecular weight excluding hydrogens is 340 g/mol. The predicted molar refractivity (Wildman–Crippen MR) is 99.2 cm³/mol. The van der Waals surface area contributed by atoms with Gasteiger partial charge in [-0.3, -0.25) is 19.4 Å². The molecule has 6 nitrogen and oxygen atoms in total. The summed E-state index contributed by atoms with van der Waals surface area (Å²) in [5.41, 5.74) is 3.83. The van der Waals surface area contributed by atoms with Crippen molar-refractivity contribution in [2.45, 2.75) is 26.7 Å². The number of fused-ring (bicyclic) bond motifs is 1. The van der Waals surface area contributed by atoms with Crippen LogP contribution in [0.2, 0.25) is 5.02 Å². The number of aromatic nitrogens is 3. The number of carbonyl (C=O) groups excluding carboxylic acids is 1. The number of H-pyrrole nitrogens is 1. The Morgan fingerprint density at radius 1 is 1.28 bits per heavy atom. The van der Waals surface area contributed by atoms with Gasteiger partial charge in [0.1, 0.15) is 0 Å². The highest BCUT2D eigenvalue weighted by atomic mass is 35.5. The van der Waals surface area contributed by atoms with Crippen LogP contribution in [0.25, 0.3) is 11.0 Å². The third-order valence-corrected chi connectivity index (χ3v) is 4.56. The highest BCUT2D eigenvalue weighted by Gasteiger charge is 2.16. The van der Waals surface area contributed by atoms with Gasteiger partial charge in [0.25, 0.3) is 5.56 Å². The number of benzene rings is 1. The van der Waals surface area contributed by atoms with Crippen molar-refractivity contribution in [1.82, 2.24) is 14.8 Å². The average molecular weight is 359 g/mol. The predicted octanol–water partition coefficient (Wildman–Crippen LogP) is 3.10. The number of pyridine rings is 1. The van der Waals surface area contributed by atoms with Gasteiger partial charge in [-0.15, -0.1) is 0 Å². The van der Waals surface area contributed by atoms with Gasteiger partial charge in [-0.25, -0.2) is 4.98 Å². The van der Waals surface area contributed by atoms with E-state index in [2.05, 4.69) is 15.4 Å². The van der Waals surface area contributed by atoms with Gasteiger partial charge >= 0.3 is 0 Å². The zero-order chi connectivity index (χ0) is 18.1. The van der Waals surface area contributed by atoms with E-state index in [0.29, 0.717) is 34.6 Å². The molecule has 0 unspecified atom stereocenters. The van der Waals surface area contributed by atoms with Crippen LogP contribution in [0.3, 0.4) is 0 Å². The Kier molecular flexibility index (Phi) is 4.63. The lowest BCUT2D eigenvalue weighted by atomic mass is 10.00. The van der Waals surface area contributed by atoms with Crippen molar-refractivity contribution in [2.24, 2.45) is 7.05 Å². The van der Waals surface area contributed by atoms with Crippen LogP contribution in [0.1, 0.15) is 23.2 Å². The number of halogens is 1. The summed E-state index contributed by atoms with van der Waals surface area (Å²) in [7, 11) is 1.76. The number of aromatic amines is 1. The van der Waals surface area contributed by atoms with E-state index in [0.717, 1.165) is 16.8 Å². The molecule has 0 bridgehead atoms. The smallest absolute Gasteiger partial charge is 0.273 e. The second kappa shape index (κ2) is 6.72. The molecule has 0 radical (unpaired) electrons. The zero-order valence-corrected chi connectivity index (χ0v) is 15.1. The molecule has 130 valence electrons. The van der Waals surface area contributed by atoms with Crippen molar-refractivity contribution in [3.8, 4) is 0 Å². The molecule has 2 heterocycles. The minimum absolute atomic E-state index is 0.0943. The van der Waals surface area contributed by atoms with Crippen LogP contribution in [0.15, 0.2) is 29.1 Å². The van der Waals surface area contributed by atoms with Gasteiger partial charge in [0.2, 0.25) is 5.91 Å². The lowest BCUT2D eigenvalue weighted by molar-refractivity contribution is -0.116. The van der Waals surface area contributed by atoms with E-state index in [1.54, 1.807) is 36.0 Å². The van der Waals surface area contributed by atoms with Crippen molar-refractivity contribution in [3.05, 3.63) is 56.5 Å². The van der Waals surface area contributed by atoms with Crippen LogP contribution in [0.5, 0.6) is 0 Å². The van der Waals surface area contributed by atoms with Crippen molar-refractivity contribution in [2.75, 3.05) is 5.32 Å². The van der Waals surface area contributed by atoms with Gasteiger partial charge in [0, 0.05) is 29.9 Å². The fourth-order valence-corrected chi connectivity index (χ4v) is 3.14. The summed E-state index contributed by atoms with van der Waals surface area (Å²) in [6.07, 6.45) is 0.830. The minimum Gasteiger partial charge on any atom is -0.326 e. The summed E-state index contributed by atoms with van der Waals surface area (Å²) in [6.45, 7) is 3.80. The quantitative estimate of drug-likeness (QED) is 0.752. The summed E-state index contributed by atoms with van der Waals surface area (Å²) < 4.78 is 1.62. The summed E-state index contributed by atoms with van der Waals surface area (Å²) in [4.78, 5) is 28.8. The van der Waals surface area contributed by atoms with Gasteiger partial charge in [-0.1, -0.05) is 11.6 Å². The number of aryl methyl sites for hydroxylation is 3. The molecule has 3 rings (SSSR count). The topological polar surface area (TPSA) is 79.8 Å². The highest BCUT2D eigenvalue weighted by molar-refractivity contribution is 6.30. The second-order valence-corrected chi connectivity index (χ2v) is 6.49. The number of anilines is 1. The second-order valence-electron chi connectivity index (χ2n) is 6.05. The molecule has 0 saturated heterocycles. The van der Waals surface area contributed by atoms with Crippen LogP contribution >= 0.6 is 11.6 Å². The third-order valence-electron chi connectivity index (χ3n) is 4.31. The van der Waals surface area contributed by atoms with E-state index in [1.807, 2.05) is 13.8 Å². The molecule has 0 fully saturated rings. The highest BCUT2D eigenvalue weighted by Crippen LogP contribution is 2.21. The molecule has 25 heavy (non-hydrogen) atoms. The SMILES string of the molecule is Cc1nc2c(c(C)c1CCC(=O)Nc1ccc(Cl)cc1)c(=O)[nH]n2C. The summed E-state index contributed by atoms with van der Waals surface area (Å²) in [5.74, 6) is -0.0943. The fourth-order valence-electron chi connectivity index (χ4n) is 3.01. The van der Waals surface area contributed by atoms with Crippen molar-refractivity contribution in [3.63, 3.8) is 0 Å². The Labute approximate surface area is 149 Å². The van der Waals surface area contributed by atoms with Crippen LogP contribution < -0.4 is 10.9 Å². The van der Waals surface area contributed by atoms with E-state index in [-0.39, 0.29) is 11.5 Å². The van der Waals surface area contributed by atoms with E-state index >= 15 is 0 Å². The van der Waals surface area contributed by atoms with Crippen molar-refractivity contribution < 1.29 is 4.79 Å². The van der Waals surface area contributed by atoms with E-state index in [9.17, 15) is 9.59 Å². The molecule has 0 aliphatic rings. The Balaban J connectivity index is 1.79. The van der Waals surface area contributed by atoms with E-state index in [4.69, 9.17) is 11.6 Å². The molecule has 0 aliphatic heterocycles. The Morgan fingerprint density at radius 3 is 2.64 bits per heavy atom. The molecule has 2 aromatic heterocycles. The van der Waals surface area contributed by atoms with Gasteiger partial charge in [0.05, 0.1) is 5.39 Å². The number of nitrogens with one attached hydrogen (secondary N) is 2. The molecule has 2 N–H and O–H groups in total. The first-order valence-corrected chi connectivity index (χ1v) is 8.35. The molecule has 0 aliphatic carbocycles. The number of rotatable bonds is 4. The third kappa shape index (κ3) is 3.44. The molecule has 0 spiro atoms. The number of amides is 1. The number of hydrogen-bond donors (Lipinski definition) is 2. The summed E-state index contributed by atoms with van der Waals surface area (Å²) in [5, 5.41) is 6.77. The van der Waals surface area contributed by atoms with E-state index in [1.165, 1.54) is 0 Å². The Bertz CT molecular complexity index is 1000. The minimum atomic E-state index is -0.158. The van der Waals surface area contributed by atoms with Gasteiger partial charge in [0.15, 0.2) is 5.65 Å². The van der Waals surface area contributed by atoms with Gasteiger partial charge < -0.3 is 5.32 Å². The molecule has 1 aromatic carbocycles. The molecular formula is C18H19ClN4O2. The first kappa shape index (κ1) is 17.2. The Hall–Kier alpha value is -2.60. The van der Waals surface area contributed by atoms with Crippen LogP contribution in [0.4, 0.5) is 5.69 Å². The maximum absolute atomic E-state index is 12.2. The number of nitrogens with zero attached hydrogens (tertiary/aromatic N) is 2. The summed E-state index contributed by atoms with van der Waals surface area (Å²) >= 11 is 5.84. The van der Waals surface area contributed by atoms with Gasteiger partial charge in [-0.05, 0) is 55.7 Å². The number of carbonyl (C=O) groups is 1. The van der Waals surface area contributed by atoms with E-state index < -0.39 is 0 Å². The van der Waals surface area contributed by atoms with Crippen LogP contribution in [-0.4, -0.2) is 20.7 Å². The largest absolute Gasteiger partial charge is 0.326 e. The summed E-state index contributed by atoms with van der Waals surface area (Å²) in [6, 6.07) is 6.97. The standard InChI is InChI=1S/C18H19ClN4O2/c1-10-14(11(2)20-17-16(10)18(25)22-23(17)3)8-9-15(24)21-13-6-4-12(19)5-7-13/h4-7H,8-9H2,1-3H3,(H,21,24)(H,22,25). The monoisotopic (exact) mass is 358 g/mol. The first-order chi connectivity index (χ1) is 11.9. The van der Waals surface area contributed by atoms with Gasteiger partial charge in [-0.2, -0.15) is 0 Å². The molecule has 0 atom stereocenters. The zero-order valence-electron chi connectivity index (χ0n) is 14.3. The van der Waals surface area contributed by atoms with Crippen molar-refractivity contribution in [1.29, 1.82) is 0 Å². The molecule has 0 saturated carbocycles. The molecule has 3 aromatic rings. The molecule has 7 heteroatoms. The molecule has 1 amide bonds. The normalized spacial score (nSPS) is 11.0. The van der Waals surface area contributed by atoms with Crippen molar-refractivity contribution >= 4 is 34.2 Å². The maximum Gasteiger partial charge on any atom is 0.273 e. The fraction of sp³-hybridized carbons (Fsp3) is 0.278. The van der Waals surface area contributed by atoms with Crippen LogP contribution in [0, 0.1) is 13.8 Å². The lowest BCUT2D eigenvalue weighted by Crippen LogP contribution is -2.13. The number of hydrogen-bond acceptors (Lipinski definition) is 3.